The summed E-state index contributed by atoms with van der Waals surface area (Å²) in [7, 11) is 0. The van der Waals surface area contributed by atoms with Crippen molar-refractivity contribution in [2.75, 3.05) is 6.54 Å². The third kappa shape index (κ3) is 3.07. The number of hydrogen-bond donors (Lipinski definition) is 1. The second-order valence-electron chi connectivity index (χ2n) is 4.40. The second kappa shape index (κ2) is 5.19. The van der Waals surface area contributed by atoms with Gasteiger partial charge in [-0.25, -0.2) is 0 Å². The highest BCUT2D eigenvalue weighted by Gasteiger charge is 2.27. The number of nitrogens with two attached hydrogens (primary N) is 1. The van der Waals surface area contributed by atoms with Crippen LogP contribution < -0.4 is 10.5 Å². The number of aryl methyl sites for hydroxylation is 1. The maximum absolute atomic E-state index is 12.0. The molecule has 0 aliphatic heterocycles. The largest absolute Gasteiger partial charge is 0.488 e. The number of benzene rings is 1. The molecule has 2 rings (SSSR count). The van der Waals surface area contributed by atoms with Crippen molar-refractivity contribution in [3.8, 4) is 5.75 Å². The summed E-state index contributed by atoms with van der Waals surface area (Å²) in [5.74, 6) is 0.726. The van der Waals surface area contributed by atoms with Gasteiger partial charge in [-0.05, 0) is 59.9 Å². The van der Waals surface area contributed by atoms with Crippen molar-refractivity contribution < 1.29 is 9.53 Å². The zero-order valence-corrected chi connectivity index (χ0v) is 11.4. The summed E-state index contributed by atoms with van der Waals surface area (Å²) in [5, 5.41) is 0. The van der Waals surface area contributed by atoms with Crippen LogP contribution in [0.1, 0.15) is 35.2 Å². The first-order valence-electron chi connectivity index (χ1n) is 5.82. The highest BCUT2D eigenvalue weighted by molar-refractivity contribution is 9.10. The molecule has 0 radical (unpaired) electrons. The molecule has 0 saturated heterocycles. The molecule has 4 heteroatoms. The Labute approximate surface area is 109 Å². The van der Waals surface area contributed by atoms with Gasteiger partial charge < -0.3 is 10.5 Å². The minimum Gasteiger partial charge on any atom is -0.488 e. The van der Waals surface area contributed by atoms with E-state index in [1.807, 2.05) is 19.1 Å². The molecule has 0 spiro atoms. The first kappa shape index (κ1) is 12.6. The molecule has 2 N–H and O–H groups in total. The zero-order valence-electron chi connectivity index (χ0n) is 9.83. The molecular formula is C13H16BrNO2. The molecule has 0 bridgehead atoms. The Morgan fingerprint density at radius 1 is 1.53 bits per heavy atom. The Kier molecular flexibility index (Phi) is 3.84. The third-order valence-corrected chi connectivity index (χ3v) is 3.26. The number of ether oxygens (including phenoxy) is 1. The molecule has 0 amide bonds. The standard InChI is InChI=1S/C13H16BrNO2/c1-8-6-10(12(16)4-5-15)13(11(14)7-8)17-9-2-3-9/h6-7,9H,2-5,15H2,1H3. The molecule has 1 saturated carbocycles. The van der Waals surface area contributed by atoms with Gasteiger partial charge in [-0.15, -0.1) is 0 Å². The Morgan fingerprint density at radius 2 is 2.24 bits per heavy atom. The third-order valence-electron chi connectivity index (χ3n) is 2.67. The van der Waals surface area contributed by atoms with Gasteiger partial charge in [0.2, 0.25) is 0 Å². The predicted molar refractivity (Wildman–Crippen MR) is 70.5 cm³/mol. The van der Waals surface area contributed by atoms with Crippen molar-refractivity contribution in [3.63, 3.8) is 0 Å². The molecule has 1 aromatic rings. The number of carbonyl (C=O) groups excluding carboxylic acids is 1. The molecule has 92 valence electrons. The van der Waals surface area contributed by atoms with Gasteiger partial charge in [-0.1, -0.05) is 0 Å². The summed E-state index contributed by atoms with van der Waals surface area (Å²) in [6.45, 7) is 2.33. The fraction of sp³-hybridized carbons (Fsp3) is 0.462. The molecular weight excluding hydrogens is 282 g/mol. The van der Waals surface area contributed by atoms with Crippen molar-refractivity contribution >= 4 is 21.7 Å². The van der Waals surface area contributed by atoms with E-state index in [4.69, 9.17) is 10.5 Å². The summed E-state index contributed by atoms with van der Waals surface area (Å²) in [6.07, 6.45) is 2.78. The normalized spacial score (nSPS) is 14.8. The Hall–Kier alpha value is -0.870. The summed E-state index contributed by atoms with van der Waals surface area (Å²) >= 11 is 3.47. The first-order valence-corrected chi connectivity index (χ1v) is 6.61. The van der Waals surface area contributed by atoms with E-state index < -0.39 is 0 Å². The van der Waals surface area contributed by atoms with Crippen LogP contribution in [-0.4, -0.2) is 18.4 Å². The van der Waals surface area contributed by atoms with Crippen molar-refractivity contribution in [2.24, 2.45) is 5.73 Å². The minimum atomic E-state index is 0.0487. The molecule has 17 heavy (non-hydrogen) atoms. The van der Waals surface area contributed by atoms with E-state index >= 15 is 0 Å². The molecule has 1 fully saturated rings. The van der Waals surface area contributed by atoms with Crippen LogP contribution in [0, 0.1) is 6.92 Å². The average molecular weight is 298 g/mol. The van der Waals surface area contributed by atoms with Crippen LogP contribution in [0.15, 0.2) is 16.6 Å². The van der Waals surface area contributed by atoms with Gasteiger partial charge in [0.1, 0.15) is 5.75 Å². The lowest BCUT2D eigenvalue weighted by Gasteiger charge is -2.13. The van der Waals surface area contributed by atoms with Crippen LogP contribution in [0.5, 0.6) is 5.75 Å². The smallest absolute Gasteiger partial charge is 0.167 e. The molecule has 1 aliphatic rings. The van der Waals surface area contributed by atoms with E-state index in [2.05, 4.69) is 15.9 Å². The Bertz CT molecular complexity index is 441. The zero-order chi connectivity index (χ0) is 12.4. The highest BCUT2D eigenvalue weighted by Crippen LogP contribution is 2.36. The fourth-order valence-electron chi connectivity index (χ4n) is 1.67. The average Bonchev–Trinajstić information content (AvgIpc) is 3.05. The van der Waals surface area contributed by atoms with Gasteiger partial charge in [-0.3, -0.25) is 4.79 Å². The lowest BCUT2D eigenvalue weighted by molar-refractivity contribution is 0.0981. The van der Waals surface area contributed by atoms with Crippen LogP contribution >= 0.6 is 15.9 Å². The van der Waals surface area contributed by atoms with E-state index in [1.165, 1.54) is 0 Å². The van der Waals surface area contributed by atoms with E-state index in [0.717, 1.165) is 22.9 Å². The lowest BCUT2D eigenvalue weighted by atomic mass is 10.0. The van der Waals surface area contributed by atoms with E-state index in [0.29, 0.717) is 24.3 Å². The summed E-state index contributed by atoms with van der Waals surface area (Å²) in [4.78, 5) is 12.0. The van der Waals surface area contributed by atoms with Crippen LogP contribution in [0.25, 0.3) is 0 Å². The summed E-state index contributed by atoms with van der Waals surface area (Å²) in [5.41, 5.74) is 7.12. The number of Topliss-reactive ketones (excluding diaryl/α,β-unsaturated/α-hetero) is 1. The molecule has 1 aromatic carbocycles. The Balaban J connectivity index is 2.34. The number of halogens is 1. The Morgan fingerprint density at radius 3 is 2.82 bits per heavy atom. The van der Waals surface area contributed by atoms with Crippen LogP contribution in [0.2, 0.25) is 0 Å². The van der Waals surface area contributed by atoms with Gasteiger partial charge in [0.15, 0.2) is 5.78 Å². The van der Waals surface area contributed by atoms with Crippen molar-refractivity contribution in [1.29, 1.82) is 0 Å². The van der Waals surface area contributed by atoms with Crippen molar-refractivity contribution in [3.05, 3.63) is 27.7 Å². The molecule has 0 atom stereocenters. The maximum Gasteiger partial charge on any atom is 0.167 e. The minimum absolute atomic E-state index is 0.0487. The molecule has 3 nitrogen and oxygen atoms in total. The van der Waals surface area contributed by atoms with Crippen LogP contribution in [0.3, 0.4) is 0 Å². The maximum atomic E-state index is 12.0. The van der Waals surface area contributed by atoms with Crippen LogP contribution in [-0.2, 0) is 0 Å². The number of rotatable bonds is 5. The van der Waals surface area contributed by atoms with Gasteiger partial charge >= 0.3 is 0 Å². The SMILES string of the molecule is Cc1cc(Br)c(OC2CC2)c(C(=O)CCN)c1. The fourth-order valence-corrected chi connectivity index (χ4v) is 2.34. The first-order chi connectivity index (χ1) is 8.11. The van der Waals surface area contributed by atoms with E-state index in [1.54, 1.807) is 0 Å². The van der Waals surface area contributed by atoms with Gasteiger partial charge in [0, 0.05) is 6.42 Å². The number of hydrogen-bond acceptors (Lipinski definition) is 3. The summed E-state index contributed by atoms with van der Waals surface area (Å²) in [6, 6.07) is 3.84. The monoisotopic (exact) mass is 297 g/mol. The quantitative estimate of drug-likeness (QED) is 0.850. The molecule has 0 heterocycles. The van der Waals surface area contributed by atoms with Crippen molar-refractivity contribution in [1.82, 2.24) is 0 Å². The lowest BCUT2D eigenvalue weighted by Crippen LogP contribution is -2.11. The van der Waals surface area contributed by atoms with E-state index in [9.17, 15) is 4.79 Å². The number of ketones is 1. The summed E-state index contributed by atoms with van der Waals surface area (Å²) < 4.78 is 6.65. The predicted octanol–water partition coefficient (Wildman–Crippen LogP) is 2.83. The van der Waals surface area contributed by atoms with Crippen molar-refractivity contribution in [2.45, 2.75) is 32.3 Å². The molecule has 1 aliphatic carbocycles. The highest BCUT2D eigenvalue weighted by atomic mass is 79.9. The van der Waals surface area contributed by atoms with Gasteiger partial charge in [-0.2, -0.15) is 0 Å². The second-order valence-corrected chi connectivity index (χ2v) is 5.26. The van der Waals surface area contributed by atoms with Crippen LogP contribution in [0.4, 0.5) is 0 Å². The molecule has 0 unspecified atom stereocenters. The van der Waals surface area contributed by atoms with E-state index in [-0.39, 0.29) is 11.9 Å². The molecule has 0 aromatic heterocycles. The van der Waals surface area contributed by atoms with Gasteiger partial charge in [0.25, 0.3) is 0 Å². The van der Waals surface area contributed by atoms with Gasteiger partial charge in [0.05, 0.1) is 16.1 Å². The number of carbonyl (C=O) groups is 1. The topological polar surface area (TPSA) is 52.3 Å².